The number of aliphatic carboxylic acids is 4. The Morgan fingerprint density at radius 3 is 0.714 bits per heavy atom. The molecule has 0 spiro atoms. The fraction of sp³-hybridized carbons (Fsp3) is 0. The first kappa shape index (κ1) is 23.8. The Hall–Kier alpha value is 0.231. The first-order chi connectivity index (χ1) is 5.29. The Morgan fingerprint density at radius 1 is 0.643 bits per heavy atom. The average molecular weight is 268 g/mol. The summed E-state index contributed by atoms with van der Waals surface area (Å²) < 4.78 is 0. The molecule has 0 atom stereocenters. The van der Waals surface area contributed by atoms with E-state index in [0.29, 0.717) is 0 Å². The summed E-state index contributed by atoms with van der Waals surface area (Å²) in [5, 5.41) is 29.6. The summed E-state index contributed by atoms with van der Waals surface area (Å²) in [7, 11) is 0. The molecule has 0 aromatic rings. The quantitative estimate of drug-likeness (QED) is 0.253. The first-order valence-electron chi connectivity index (χ1n) is 2.21. The third-order valence-corrected chi connectivity index (χ3v) is 0.366. The molecule has 0 aliphatic heterocycles. The van der Waals surface area contributed by atoms with Gasteiger partial charge in [0.25, 0.3) is 0 Å². The van der Waals surface area contributed by atoms with Crippen molar-refractivity contribution in [2.75, 3.05) is 0 Å². The molecule has 0 heterocycles. The zero-order valence-corrected chi connectivity index (χ0v) is 11.6. The van der Waals surface area contributed by atoms with Crippen LogP contribution in [0.4, 0.5) is 0 Å². The predicted molar refractivity (Wildman–Crippen MR) is 31.7 cm³/mol. The van der Waals surface area contributed by atoms with E-state index < -0.39 is 23.9 Å². The fourth-order valence-corrected chi connectivity index (χ4v) is 0. The Morgan fingerprint density at radius 2 is 0.714 bits per heavy atom. The smallest absolute Gasteiger partial charge is 1.00 e. The van der Waals surface area contributed by atoms with E-state index in [2.05, 4.69) is 0 Å². The van der Waals surface area contributed by atoms with Crippen molar-refractivity contribution in [1.29, 1.82) is 0 Å². The zero-order valence-electron chi connectivity index (χ0n) is 7.92. The van der Waals surface area contributed by atoms with Gasteiger partial charge in [-0.25, -0.2) is 19.2 Å². The van der Waals surface area contributed by atoms with Crippen molar-refractivity contribution in [3.05, 3.63) is 0 Å². The van der Waals surface area contributed by atoms with Crippen molar-refractivity contribution >= 4 is 23.9 Å². The van der Waals surface area contributed by atoms with E-state index in [9.17, 15) is 0 Å². The topological polar surface area (TPSA) is 149 Å². The molecule has 0 saturated heterocycles. The molecule has 0 bridgehead atoms. The molecule has 10 heteroatoms. The maximum atomic E-state index is 9.10. The molecule has 0 aliphatic rings. The van der Waals surface area contributed by atoms with Crippen LogP contribution < -0.4 is 51.4 Å². The van der Waals surface area contributed by atoms with Gasteiger partial charge in [0.15, 0.2) is 0 Å². The Bertz CT molecular complexity index is 183. The fourth-order valence-electron chi connectivity index (χ4n) is 0. The summed E-state index contributed by atoms with van der Waals surface area (Å²) in [4.78, 5) is 36.4. The second kappa shape index (κ2) is 13.2. The van der Waals surface area contributed by atoms with Gasteiger partial charge >= 0.3 is 75.3 Å². The number of rotatable bonds is 0. The SMILES string of the molecule is O=C(O)C(=O)O.O=C(O)C(=O)O.[H-].[K+].[Ti]. The van der Waals surface area contributed by atoms with Crippen LogP contribution in [0.2, 0.25) is 0 Å². The monoisotopic (exact) mass is 268 g/mol. The molecule has 0 aromatic heterocycles. The van der Waals surface area contributed by atoms with Gasteiger partial charge in [0, 0.05) is 21.7 Å². The normalized spacial score (nSPS) is 6.29. The van der Waals surface area contributed by atoms with Gasteiger partial charge in [0.1, 0.15) is 0 Å². The zero-order chi connectivity index (χ0) is 10.3. The van der Waals surface area contributed by atoms with Crippen molar-refractivity contribution < 1.29 is 114 Å². The molecule has 0 aromatic carbocycles. The maximum Gasteiger partial charge on any atom is 1.00 e. The van der Waals surface area contributed by atoms with E-state index >= 15 is 0 Å². The van der Waals surface area contributed by atoms with Crippen LogP contribution in [0.5, 0.6) is 0 Å². The van der Waals surface area contributed by atoms with Crippen LogP contribution in [0.3, 0.4) is 0 Å². The molecular weight excluding hydrogens is 263 g/mol. The molecule has 8 nitrogen and oxygen atoms in total. The summed E-state index contributed by atoms with van der Waals surface area (Å²) in [6, 6.07) is 0. The second-order valence-electron chi connectivity index (χ2n) is 1.22. The van der Waals surface area contributed by atoms with E-state index in [1.54, 1.807) is 0 Å². The van der Waals surface area contributed by atoms with Gasteiger partial charge < -0.3 is 21.9 Å². The molecule has 0 amide bonds. The molecule has 0 rings (SSSR count). The van der Waals surface area contributed by atoms with Crippen LogP contribution >= 0.6 is 0 Å². The predicted octanol–water partition coefficient (Wildman–Crippen LogP) is -4.57. The largest absolute Gasteiger partial charge is 1.00 e. The van der Waals surface area contributed by atoms with Gasteiger partial charge in [0.2, 0.25) is 0 Å². The molecule has 14 heavy (non-hydrogen) atoms. The summed E-state index contributed by atoms with van der Waals surface area (Å²) in [5.41, 5.74) is 0. The molecule has 74 valence electrons. The molecule has 4 N–H and O–H groups in total. The van der Waals surface area contributed by atoms with Crippen molar-refractivity contribution in [3.8, 4) is 0 Å². The Labute approximate surface area is 136 Å². The van der Waals surface area contributed by atoms with Gasteiger partial charge in [-0.2, -0.15) is 0 Å². The number of hydrogen-bond donors (Lipinski definition) is 4. The van der Waals surface area contributed by atoms with E-state index in [-0.39, 0.29) is 74.5 Å². The molecule has 0 radical (unpaired) electrons. The minimum absolute atomic E-state index is 0. The number of hydrogen-bond acceptors (Lipinski definition) is 4. The maximum absolute atomic E-state index is 9.10. The number of carbonyl (C=O) groups is 4. The molecule has 0 saturated carbocycles. The standard InChI is InChI=1S/2C2H2O4.K.Ti.H/c2*3-1(4)2(5)6;;;/h2*(H,3,4)(H,5,6);;;/q;;+1;;-1. The van der Waals surface area contributed by atoms with Crippen molar-refractivity contribution in [3.63, 3.8) is 0 Å². The molecular formula is C4H5KO8Ti. The van der Waals surface area contributed by atoms with Crippen LogP contribution in [0.15, 0.2) is 0 Å². The summed E-state index contributed by atoms with van der Waals surface area (Å²) in [5.74, 6) is -7.30. The van der Waals surface area contributed by atoms with Crippen LogP contribution in [0, 0.1) is 0 Å². The summed E-state index contributed by atoms with van der Waals surface area (Å²) >= 11 is 0. The first-order valence-corrected chi connectivity index (χ1v) is 2.21. The molecule has 0 aliphatic carbocycles. The van der Waals surface area contributed by atoms with Crippen LogP contribution in [0.1, 0.15) is 1.43 Å². The van der Waals surface area contributed by atoms with Gasteiger partial charge in [-0.1, -0.05) is 0 Å². The van der Waals surface area contributed by atoms with Crippen LogP contribution in [-0.4, -0.2) is 44.3 Å². The van der Waals surface area contributed by atoms with Gasteiger partial charge in [0.05, 0.1) is 0 Å². The van der Waals surface area contributed by atoms with Crippen molar-refractivity contribution in [2.24, 2.45) is 0 Å². The van der Waals surface area contributed by atoms with Gasteiger partial charge in [-0.05, 0) is 0 Å². The number of carboxylic acids is 4. The van der Waals surface area contributed by atoms with Crippen molar-refractivity contribution in [2.45, 2.75) is 0 Å². The van der Waals surface area contributed by atoms with Crippen LogP contribution in [-0.2, 0) is 40.9 Å². The Kier molecular flexibility index (Phi) is 22.5. The van der Waals surface area contributed by atoms with E-state index in [1.165, 1.54) is 0 Å². The summed E-state index contributed by atoms with van der Waals surface area (Å²) in [6.45, 7) is 0. The minimum Gasteiger partial charge on any atom is -1.00 e. The number of carboxylic acid groups (broad SMARTS) is 4. The van der Waals surface area contributed by atoms with Gasteiger partial charge in [-0.3, -0.25) is 0 Å². The van der Waals surface area contributed by atoms with E-state index in [1.807, 2.05) is 0 Å². The average Bonchev–Trinajstić information content (AvgIpc) is 1.88. The third kappa shape index (κ3) is 22.8. The van der Waals surface area contributed by atoms with Crippen LogP contribution in [0.25, 0.3) is 0 Å². The van der Waals surface area contributed by atoms with Crippen molar-refractivity contribution in [1.82, 2.24) is 0 Å². The van der Waals surface area contributed by atoms with E-state index in [0.717, 1.165) is 0 Å². The second-order valence-corrected chi connectivity index (χ2v) is 1.22. The molecule has 0 fully saturated rings. The Balaban J connectivity index is -0.0000000370. The minimum atomic E-state index is -1.82. The molecule has 0 unspecified atom stereocenters. The summed E-state index contributed by atoms with van der Waals surface area (Å²) in [6.07, 6.45) is 0. The van der Waals surface area contributed by atoms with Gasteiger partial charge in [-0.15, -0.1) is 0 Å². The third-order valence-electron chi connectivity index (χ3n) is 0.366. The van der Waals surface area contributed by atoms with E-state index in [4.69, 9.17) is 39.6 Å².